The van der Waals surface area contributed by atoms with Crippen molar-refractivity contribution in [1.82, 2.24) is 30.4 Å². The Balaban J connectivity index is 0.000000128. The first-order valence-corrected chi connectivity index (χ1v) is 11.3. The van der Waals surface area contributed by atoms with Crippen molar-refractivity contribution < 1.29 is 0 Å². The van der Waals surface area contributed by atoms with Gasteiger partial charge in [-0.05, 0) is 30.9 Å². The molecule has 1 aliphatic carbocycles. The fraction of sp³-hybridized carbons (Fsp3) is 0.300. The van der Waals surface area contributed by atoms with Crippen molar-refractivity contribution in [3.8, 4) is 11.3 Å². The number of anilines is 2. The zero-order chi connectivity index (χ0) is 20.8. The second kappa shape index (κ2) is 7.37. The summed E-state index contributed by atoms with van der Waals surface area (Å²) < 4.78 is 1.23. The lowest BCUT2D eigenvalue weighted by molar-refractivity contribution is 0.739. The first-order valence-electron chi connectivity index (χ1n) is 9.71. The van der Waals surface area contributed by atoms with Gasteiger partial charge in [0.1, 0.15) is 0 Å². The average molecular weight is 439 g/mol. The maximum atomic E-state index is 4.58. The molecule has 1 aliphatic rings. The normalized spacial score (nSPS) is 14.9. The smallest absolute Gasteiger partial charge is 0.183 e. The van der Waals surface area contributed by atoms with Crippen molar-refractivity contribution in [2.75, 3.05) is 24.7 Å². The molecule has 1 aromatic carbocycles. The first-order chi connectivity index (χ1) is 14.6. The van der Waals surface area contributed by atoms with E-state index in [1.165, 1.54) is 26.4 Å². The van der Waals surface area contributed by atoms with Crippen LogP contribution in [-0.2, 0) is 6.42 Å². The Bertz CT molecular complexity index is 1340. The number of aryl methyl sites for hydroxylation is 1. The van der Waals surface area contributed by atoms with Crippen LogP contribution in [-0.4, -0.2) is 44.5 Å². The number of hydrogen-bond acceptors (Lipinski definition) is 8. The summed E-state index contributed by atoms with van der Waals surface area (Å²) >= 11 is 3.42. The highest BCUT2D eigenvalue weighted by atomic mass is 32.1. The SMILES string of the molecule is CNc1nc2c(s1)C(C)Cc1[nH]ncc1-2.CNc1nc2c(s1)c(C)cc1[nH]ncc12. The molecule has 1 unspecified atom stereocenters. The third-order valence-electron chi connectivity index (χ3n) is 5.28. The van der Waals surface area contributed by atoms with Gasteiger partial charge < -0.3 is 10.6 Å². The van der Waals surface area contributed by atoms with Crippen molar-refractivity contribution in [1.29, 1.82) is 0 Å². The van der Waals surface area contributed by atoms with Gasteiger partial charge in [0, 0.05) is 35.6 Å². The fourth-order valence-electron chi connectivity index (χ4n) is 3.79. The monoisotopic (exact) mass is 438 g/mol. The van der Waals surface area contributed by atoms with Crippen LogP contribution in [0.5, 0.6) is 0 Å². The van der Waals surface area contributed by atoms with Gasteiger partial charge in [0.15, 0.2) is 10.3 Å². The van der Waals surface area contributed by atoms with E-state index < -0.39 is 0 Å². The molecule has 0 amide bonds. The third kappa shape index (κ3) is 3.03. The van der Waals surface area contributed by atoms with Crippen LogP contribution >= 0.6 is 22.7 Å². The van der Waals surface area contributed by atoms with Crippen LogP contribution < -0.4 is 10.6 Å². The summed E-state index contributed by atoms with van der Waals surface area (Å²) in [5.41, 5.74) is 6.80. The minimum absolute atomic E-state index is 0.535. The summed E-state index contributed by atoms with van der Waals surface area (Å²) in [5.74, 6) is 0.535. The van der Waals surface area contributed by atoms with Crippen molar-refractivity contribution >= 4 is 54.1 Å². The lowest BCUT2D eigenvalue weighted by Crippen LogP contribution is -2.05. The largest absolute Gasteiger partial charge is 0.365 e. The minimum atomic E-state index is 0.535. The highest BCUT2D eigenvalue weighted by molar-refractivity contribution is 7.22. The average Bonchev–Trinajstić information content (AvgIpc) is 3.51. The van der Waals surface area contributed by atoms with Crippen molar-refractivity contribution in [2.24, 2.45) is 0 Å². The van der Waals surface area contributed by atoms with Crippen LogP contribution in [0.4, 0.5) is 10.3 Å². The van der Waals surface area contributed by atoms with E-state index in [-0.39, 0.29) is 0 Å². The number of hydrogen-bond donors (Lipinski definition) is 4. The van der Waals surface area contributed by atoms with E-state index in [0.29, 0.717) is 5.92 Å². The van der Waals surface area contributed by atoms with E-state index in [1.54, 1.807) is 22.7 Å². The molecule has 6 rings (SSSR count). The topological polar surface area (TPSA) is 107 Å². The van der Waals surface area contributed by atoms with Gasteiger partial charge in [-0.1, -0.05) is 18.3 Å². The van der Waals surface area contributed by atoms with Crippen molar-refractivity contribution in [3.05, 3.63) is 34.6 Å². The molecule has 0 spiro atoms. The molecule has 4 aromatic heterocycles. The van der Waals surface area contributed by atoms with Crippen LogP contribution in [0.15, 0.2) is 18.5 Å². The quantitative estimate of drug-likeness (QED) is 0.317. The Kier molecular flexibility index (Phi) is 4.67. The van der Waals surface area contributed by atoms with E-state index in [9.17, 15) is 0 Å². The van der Waals surface area contributed by atoms with Gasteiger partial charge in [0.2, 0.25) is 0 Å². The molecule has 5 aromatic rings. The summed E-state index contributed by atoms with van der Waals surface area (Å²) in [4.78, 5) is 10.5. The maximum absolute atomic E-state index is 4.58. The second-order valence-electron chi connectivity index (χ2n) is 7.32. The van der Waals surface area contributed by atoms with Gasteiger partial charge in [-0.15, -0.1) is 11.3 Å². The Morgan fingerprint density at radius 3 is 2.60 bits per heavy atom. The summed E-state index contributed by atoms with van der Waals surface area (Å²) in [6, 6.07) is 2.11. The number of H-pyrrole nitrogens is 2. The number of nitrogens with zero attached hydrogens (tertiary/aromatic N) is 4. The zero-order valence-corrected chi connectivity index (χ0v) is 18.8. The fourth-order valence-corrected chi connectivity index (χ4v) is 5.68. The summed E-state index contributed by atoms with van der Waals surface area (Å²) in [5, 5.41) is 23.4. The molecule has 154 valence electrons. The lowest BCUT2D eigenvalue weighted by Gasteiger charge is -2.16. The van der Waals surface area contributed by atoms with Gasteiger partial charge in [-0.2, -0.15) is 10.2 Å². The number of thiazole rings is 2. The van der Waals surface area contributed by atoms with Gasteiger partial charge in [-0.25, -0.2) is 9.97 Å². The van der Waals surface area contributed by atoms with E-state index in [1.807, 2.05) is 26.5 Å². The predicted octanol–water partition coefficient (Wildman–Crippen LogP) is 4.76. The molecule has 30 heavy (non-hydrogen) atoms. The third-order valence-corrected chi connectivity index (χ3v) is 7.80. The number of fused-ring (bicyclic) bond motifs is 6. The Morgan fingerprint density at radius 1 is 1.03 bits per heavy atom. The first kappa shape index (κ1) is 19.0. The Labute approximate surface area is 181 Å². The number of aromatic nitrogens is 6. The van der Waals surface area contributed by atoms with Crippen LogP contribution in [0.2, 0.25) is 0 Å². The lowest BCUT2D eigenvalue weighted by atomic mass is 9.92. The Morgan fingerprint density at radius 2 is 1.80 bits per heavy atom. The van der Waals surface area contributed by atoms with Crippen LogP contribution in [0.25, 0.3) is 32.4 Å². The molecule has 10 heteroatoms. The maximum Gasteiger partial charge on any atom is 0.183 e. The molecular formula is C20H22N8S2. The van der Waals surface area contributed by atoms with Crippen molar-refractivity contribution in [2.45, 2.75) is 26.2 Å². The van der Waals surface area contributed by atoms with E-state index in [0.717, 1.165) is 38.8 Å². The van der Waals surface area contributed by atoms with E-state index in [4.69, 9.17) is 0 Å². The molecule has 0 fully saturated rings. The zero-order valence-electron chi connectivity index (χ0n) is 17.1. The van der Waals surface area contributed by atoms with E-state index in [2.05, 4.69) is 60.9 Å². The molecule has 8 nitrogen and oxygen atoms in total. The van der Waals surface area contributed by atoms with Gasteiger partial charge in [0.25, 0.3) is 0 Å². The second-order valence-corrected chi connectivity index (χ2v) is 9.35. The Hall–Kier alpha value is -2.98. The van der Waals surface area contributed by atoms with Gasteiger partial charge in [-0.3, -0.25) is 10.2 Å². The summed E-state index contributed by atoms with van der Waals surface area (Å²) in [6.45, 7) is 4.33. The summed E-state index contributed by atoms with van der Waals surface area (Å²) in [6.07, 6.45) is 4.74. The van der Waals surface area contributed by atoms with Gasteiger partial charge >= 0.3 is 0 Å². The molecule has 0 saturated carbocycles. The molecule has 0 aliphatic heterocycles. The molecule has 0 saturated heterocycles. The van der Waals surface area contributed by atoms with E-state index >= 15 is 0 Å². The molecule has 1 atom stereocenters. The van der Waals surface area contributed by atoms with Crippen LogP contribution in [0.3, 0.4) is 0 Å². The molecule has 4 heterocycles. The number of aromatic amines is 2. The summed E-state index contributed by atoms with van der Waals surface area (Å²) in [7, 11) is 3.80. The molecule has 4 N–H and O–H groups in total. The standard InChI is InChI=1S/C10H12N4S.C10H10N4S/c2*1-5-3-7-6(4-12-14-7)8-9(5)15-10(11-2)13-8/h4-5H,3H2,1-2H3,(H,11,13)(H,12,14);3-4H,1-2H3,(H,11,13)(H,12,14). The highest BCUT2D eigenvalue weighted by Crippen LogP contribution is 2.42. The highest BCUT2D eigenvalue weighted by Gasteiger charge is 2.27. The van der Waals surface area contributed by atoms with Crippen LogP contribution in [0.1, 0.15) is 29.0 Å². The molecule has 0 bridgehead atoms. The number of nitrogens with one attached hydrogen (secondary N) is 4. The van der Waals surface area contributed by atoms with Crippen molar-refractivity contribution in [3.63, 3.8) is 0 Å². The number of rotatable bonds is 2. The molecule has 0 radical (unpaired) electrons. The van der Waals surface area contributed by atoms with Crippen LogP contribution in [0, 0.1) is 6.92 Å². The minimum Gasteiger partial charge on any atom is -0.365 e. The van der Waals surface area contributed by atoms with Gasteiger partial charge in [0.05, 0.1) is 33.8 Å². The number of benzene rings is 1. The molecular weight excluding hydrogens is 416 g/mol. The predicted molar refractivity (Wildman–Crippen MR) is 125 cm³/mol.